The molecule has 0 radical (unpaired) electrons. The van der Waals surface area contributed by atoms with Gasteiger partial charge < -0.3 is 4.90 Å². The Kier molecular flexibility index (Phi) is 4.13. The summed E-state index contributed by atoms with van der Waals surface area (Å²) in [4.78, 5) is 30.8. The Morgan fingerprint density at radius 1 is 1.36 bits per heavy atom. The van der Waals surface area contributed by atoms with Crippen LogP contribution in [0.2, 0.25) is 0 Å². The van der Waals surface area contributed by atoms with Gasteiger partial charge in [0.05, 0.1) is 10.6 Å². The first-order chi connectivity index (χ1) is 11.8. The van der Waals surface area contributed by atoms with Crippen molar-refractivity contribution in [1.29, 1.82) is 0 Å². The maximum atomic E-state index is 12.4. The molecule has 0 atom stereocenters. The van der Waals surface area contributed by atoms with E-state index >= 15 is 0 Å². The predicted octanol–water partition coefficient (Wildman–Crippen LogP) is 2.63. The minimum atomic E-state index is -0.511. The van der Waals surface area contributed by atoms with E-state index in [1.165, 1.54) is 23.5 Å². The van der Waals surface area contributed by atoms with E-state index in [0.717, 1.165) is 10.6 Å². The van der Waals surface area contributed by atoms with Crippen LogP contribution in [0.15, 0.2) is 18.2 Å². The van der Waals surface area contributed by atoms with Crippen molar-refractivity contribution in [2.75, 3.05) is 24.3 Å². The van der Waals surface area contributed by atoms with E-state index in [0.29, 0.717) is 10.6 Å². The molecule has 25 heavy (non-hydrogen) atoms. The molecule has 0 aliphatic heterocycles. The lowest BCUT2D eigenvalue weighted by atomic mass is 10.1. The van der Waals surface area contributed by atoms with Crippen LogP contribution < -0.4 is 10.2 Å². The molecule has 2 heterocycles. The Hall–Kier alpha value is -3.01. The van der Waals surface area contributed by atoms with E-state index in [-0.39, 0.29) is 17.2 Å². The highest BCUT2D eigenvalue weighted by atomic mass is 32.1. The monoisotopic (exact) mass is 360 g/mol. The van der Waals surface area contributed by atoms with Crippen LogP contribution in [0.3, 0.4) is 0 Å². The summed E-state index contributed by atoms with van der Waals surface area (Å²) in [6, 6.07) is 4.32. The number of hydrogen-bond acceptors (Lipinski definition) is 7. The molecule has 9 nitrogen and oxygen atoms in total. The number of rotatable bonds is 4. The molecule has 0 saturated carbocycles. The van der Waals surface area contributed by atoms with Crippen molar-refractivity contribution in [2.24, 2.45) is 0 Å². The molecule has 1 aromatic carbocycles. The van der Waals surface area contributed by atoms with Crippen molar-refractivity contribution in [3.63, 3.8) is 0 Å². The van der Waals surface area contributed by atoms with Crippen molar-refractivity contribution in [2.45, 2.75) is 13.8 Å². The van der Waals surface area contributed by atoms with Crippen LogP contribution in [-0.2, 0) is 0 Å². The van der Waals surface area contributed by atoms with Gasteiger partial charge in [-0.3, -0.25) is 20.2 Å². The molecule has 10 heteroatoms. The largest absolute Gasteiger partial charge is 0.372 e. The molecular formula is C15H16N6O3S. The fourth-order valence-electron chi connectivity index (χ4n) is 2.36. The second kappa shape index (κ2) is 6.13. The Morgan fingerprint density at radius 3 is 2.68 bits per heavy atom. The number of aromatic nitrogens is 3. The average molecular weight is 360 g/mol. The number of nitrogens with one attached hydrogen (secondary N) is 1. The van der Waals surface area contributed by atoms with Gasteiger partial charge in [0.15, 0.2) is 0 Å². The third kappa shape index (κ3) is 3.03. The summed E-state index contributed by atoms with van der Waals surface area (Å²) < 4.78 is 1.66. The fraction of sp³-hybridized carbons (Fsp3) is 0.267. The number of carbonyl (C=O) groups is 1. The molecule has 0 saturated heterocycles. The number of amides is 1. The number of carbonyl (C=O) groups excluding carboxylic acids is 1. The molecular weight excluding hydrogens is 344 g/mol. The van der Waals surface area contributed by atoms with Crippen molar-refractivity contribution in [3.05, 3.63) is 44.4 Å². The molecule has 130 valence electrons. The summed E-state index contributed by atoms with van der Waals surface area (Å²) >= 11 is 1.48. The summed E-state index contributed by atoms with van der Waals surface area (Å²) in [6.07, 6.45) is 0. The topological polar surface area (TPSA) is 106 Å². The molecule has 0 unspecified atom stereocenters. The Morgan fingerprint density at radius 2 is 2.08 bits per heavy atom. The highest BCUT2D eigenvalue weighted by Gasteiger charge is 2.20. The summed E-state index contributed by atoms with van der Waals surface area (Å²) in [5, 5.41) is 18.1. The van der Waals surface area contributed by atoms with Gasteiger partial charge in [0.1, 0.15) is 5.69 Å². The first kappa shape index (κ1) is 16.8. The van der Waals surface area contributed by atoms with Gasteiger partial charge in [-0.15, -0.1) is 5.10 Å². The molecule has 0 aliphatic carbocycles. The molecule has 0 bridgehead atoms. The molecule has 3 aromatic rings. The van der Waals surface area contributed by atoms with Gasteiger partial charge in [0, 0.05) is 30.6 Å². The number of nitro benzene ring substituents is 1. The number of aryl methyl sites for hydroxylation is 2. The molecule has 2 aromatic heterocycles. The van der Waals surface area contributed by atoms with E-state index in [2.05, 4.69) is 15.4 Å². The minimum Gasteiger partial charge on any atom is -0.372 e. The number of nitro groups is 1. The van der Waals surface area contributed by atoms with E-state index < -0.39 is 10.8 Å². The van der Waals surface area contributed by atoms with Crippen molar-refractivity contribution < 1.29 is 9.72 Å². The summed E-state index contributed by atoms with van der Waals surface area (Å²) in [6.45, 7) is 3.89. The van der Waals surface area contributed by atoms with Crippen LogP contribution in [0.1, 0.15) is 20.9 Å². The molecule has 3 rings (SSSR count). The van der Waals surface area contributed by atoms with Crippen LogP contribution in [0.5, 0.6) is 0 Å². The quantitative estimate of drug-likeness (QED) is 0.566. The van der Waals surface area contributed by atoms with Crippen LogP contribution in [0.4, 0.5) is 17.3 Å². The zero-order chi connectivity index (χ0) is 18.3. The number of nitrogens with zero attached hydrogens (tertiary/aromatic N) is 5. The first-order valence-electron chi connectivity index (χ1n) is 7.38. The van der Waals surface area contributed by atoms with Crippen LogP contribution in [-0.4, -0.2) is 39.5 Å². The highest BCUT2D eigenvalue weighted by Crippen LogP contribution is 2.28. The molecule has 0 aliphatic rings. The van der Waals surface area contributed by atoms with E-state index in [4.69, 9.17) is 0 Å². The summed E-state index contributed by atoms with van der Waals surface area (Å²) in [5.74, 6) is -0.334. The zero-order valence-corrected chi connectivity index (χ0v) is 14.9. The lowest BCUT2D eigenvalue weighted by Crippen LogP contribution is -2.15. The lowest BCUT2D eigenvalue weighted by Gasteiger charge is -2.13. The van der Waals surface area contributed by atoms with Gasteiger partial charge in [0.2, 0.25) is 4.96 Å². The number of hydrogen-bond donors (Lipinski definition) is 1. The molecule has 1 N–H and O–H groups in total. The van der Waals surface area contributed by atoms with Gasteiger partial charge in [0.25, 0.3) is 17.5 Å². The third-order valence-electron chi connectivity index (χ3n) is 3.79. The van der Waals surface area contributed by atoms with Crippen molar-refractivity contribution >= 4 is 39.5 Å². The minimum absolute atomic E-state index is 0.136. The SMILES string of the molecule is Cc1sc2nc(NC(=O)c3ccc(N(C)C)c([N+](=O)[O-])c3)nn2c1C. The van der Waals surface area contributed by atoms with E-state index in [9.17, 15) is 14.9 Å². The van der Waals surface area contributed by atoms with Gasteiger partial charge in [-0.2, -0.15) is 4.98 Å². The molecule has 0 fully saturated rings. The number of anilines is 2. The Labute approximate surface area is 147 Å². The first-order valence-corrected chi connectivity index (χ1v) is 8.19. The normalized spacial score (nSPS) is 10.9. The standard InChI is InChI=1S/C15H16N6O3S/c1-8-9(2)25-15-17-14(18-20(8)15)16-13(22)10-5-6-11(19(3)4)12(7-10)21(23)24/h5-7H,1-4H3,(H,16,18,22). The fourth-order valence-corrected chi connectivity index (χ4v) is 3.26. The Bertz CT molecular complexity index is 991. The third-order valence-corrected chi connectivity index (χ3v) is 4.84. The summed E-state index contributed by atoms with van der Waals surface area (Å²) in [5.41, 5.74) is 1.42. The smallest absolute Gasteiger partial charge is 0.293 e. The average Bonchev–Trinajstić information content (AvgIpc) is 3.05. The van der Waals surface area contributed by atoms with Gasteiger partial charge in [-0.05, 0) is 26.0 Å². The summed E-state index contributed by atoms with van der Waals surface area (Å²) in [7, 11) is 3.41. The van der Waals surface area contributed by atoms with Gasteiger partial charge in [-0.25, -0.2) is 4.52 Å². The van der Waals surface area contributed by atoms with Crippen molar-refractivity contribution in [1.82, 2.24) is 14.6 Å². The van der Waals surface area contributed by atoms with Crippen LogP contribution in [0.25, 0.3) is 4.96 Å². The van der Waals surface area contributed by atoms with Gasteiger partial charge >= 0.3 is 0 Å². The highest BCUT2D eigenvalue weighted by molar-refractivity contribution is 7.17. The maximum Gasteiger partial charge on any atom is 0.293 e. The predicted molar refractivity (Wildman–Crippen MR) is 95.7 cm³/mol. The van der Waals surface area contributed by atoms with Crippen LogP contribution in [0, 0.1) is 24.0 Å². The van der Waals surface area contributed by atoms with Crippen LogP contribution >= 0.6 is 11.3 Å². The van der Waals surface area contributed by atoms with E-state index in [1.54, 1.807) is 29.6 Å². The second-order valence-electron chi connectivity index (χ2n) is 5.68. The van der Waals surface area contributed by atoms with E-state index in [1.807, 2.05) is 13.8 Å². The van der Waals surface area contributed by atoms with Gasteiger partial charge in [-0.1, -0.05) is 11.3 Å². The zero-order valence-electron chi connectivity index (χ0n) is 14.1. The molecule has 0 spiro atoms. The van der Waals surface area contributed by atoms with Crippen molar-refractivity contribution in [3.8, 4) is 0 Å². The number of fused-ring (bicyclic) bond motifs is 1. The Balaban J connectivity index is 1.89. The maximum absolute atomic E-state index is 12.4. The number of thiazole rings is 1. The lowest BCUT2D eigenvalue weighted by molar-refractivity contribution is -0.384. The number of benzene rings is 1. The second-order valence-corrected chi connectivity index (χ2v) is 6.86. The molecule has 1 amide bonds.